The molecule has 1 aliphatic carbocycles. The summed E-state index contributed by atoms with van der Waals surface area (Å²) < 4.78 is 1.83. The van der Waals surface area contributed by atoms with Gasteiger partial charge >= 0.3 is 0 Å². The smallest absolute Gasteiger partial charge is 0.260 e. The second kappa shape index (κ2) is 9.88. The first-order chi connectivity index (χ1) is 16.6. The Morgan fingerprint density at radius 3 is 2.62 bits per heavy atom. The van der Waals surface area contributed by atoms with E-state index in [2.05, 4.69) is 46.2 Å². The number of anilines is 2. The van der Waals surface area contributed by atoms with Crippen molar-refractivity contribution in [3.63, 3.8) is 0 Å². The second-order valence-corrected chi connectivity index (χ2v) is 9.91. The summed E-state index contributed by atoms with van der Waals surface area (Å²) in [6, 6.07) is 6.11. The van der Waals surface area contributed by atoms with Gasteiger partial charge in [-0.1, -0.05) is 19.4 Å². The number of pyridine rings is 1. The van der Waals surface area contributed by atoms with Gasteiger partial charge in [0.05, 0.1) is 5.39 Å². The Morgan fingerprint density at radius 2 is 1.91 bits per heavy atom. The van der Waals surface area contributed by atoms with Crippen molar-refractivity contribution < 1.29 is 5.11 Å². The minimum atomic E-state index is -0.104. The normalized spacial score (nSPS) is 18.0. The molecule has 0 unspecified atom stereocenters. The molecule has 182 valence electrons. The zero-order valence-electron chi connectivity index (χ0n) is 20.3. The van der Waals surface area contributed by atoms with Crippen LogP contribution in [0.5, 0.6) is 0 Å². The molecule has 1 saturated carbocycles. The van der Waals surface area contributed by atoms with Crippen LogP contribution in [0, 0.1) is 5.92 Å². The van der Waals surface area contributed by atoms with Gasteiger partial charge in [0.2, 0.25) is 5.95 Å². The molecule has 0 amide bonds. The lowest BCUT2D eigenvalue weighted by molar-refractivity contribution is 0.252. The number of hydrogen-bond donors (Lipinski definition) is 2. The number of nitrogens with one attached hydrogen (secondary N) is 1. The quantitative estimate of drug-likeness (QED) is 0.470. The molecule has 3 heterocycles. The summed E-state index contributed by atoms with van der Waals surface area (Å²) >= 11 is 0. The number of aliphatic hydroxyl groups excluding tert-OH is 1. The molecular weight excluding hydrogens is 428 g/mol. The topological polar surface area (TPSA) is 86.5 Å². The van der Waals surface area contributed by atoms with Gasteiger partial charge in [-0.2, -0.15) is 4.98 Å². The van der Waals surface area contributed by atoms with Gasteiger partial charge in [0.15, 0.2) is 0 Å². The van der Waals surface area contributed by atoms with Crippen LogP contribution in [-0.2, 0) is 0 Å². The first-order valence-electron chi connectivity index (χ1n) is 12.7. The lowest BCUT2D eigenvalue weighted by Gasteiger charge is -2.34. The van der Waals surface area contributed by atoms with Crippen molar-refractivity contribution in [2.45, 2.75) is 45.1 Å². The number of benzene rings is 1. The van der Waals surface area contributed by atoms with Gasteiger partial charge in [-0.15, -0.1) is 0 Å². The van der Waals surface area contributed by atoms with Crippen LogP contribution in [0.25, 0.3) is 21.8 Å². The maximum atomic E-state index is 14.0. The van der Waals surface area contributed by atoms with E-state index in [1.165, 1.54) is 12.8 Å². The largest absolute Gasteiger partial charge is 0.396 e. The highest BCUT2D eigenvalue weighted by molar-refractivity contribution is 6.05. The van der Waals surface area contributed by atoms with Gasteiger partial charge in [0.1, 0.15) is 5.65 Å². The lowest BCUT2D eigenvalue weighted by atomic mass is 10.0. The molecule has 34 heavy (non-hydrogen) atoms. The van der Waals surface area contributed by atoms with Crippen LogP contribution in [0.2, 0.25) is 0 Å². The number of piperazine rings is 1. The predicted octanol–water partition coefficient (Wildman–Crippen LogP) is 3.24. The maximum Gasteiger partial charge on any atom is 0.260 e. The number of aliphatic hydroxyl groups is 1. The first kappa shape index (κ1) is 23.1. The summed E-state index contributed by atoms with van der Waals surface area (Å²) in [6.07, 6.45) is 6.62. The van der Waals surface area contributed by atoms with E-state index >= 15 is 0 Å². The Balaban J connectivity index is 1.65. The molecule has 0 radical (unpaired) electrons. The van der Waals surface area contributed by atoms with Gasteiger partial charge in [-0.3, -0.25) is 9.36 Å². The fourth-order valence-electron chi connectivity index (χ4n) is 5.04. The van der Waals surface area contributed by atoms with E-state index in [9.17, 15) is 9.90 Å². The lowest BCUT2D eigenvalue weighted by Crippen LogP contribution is -2.44. The summed E-state index contributed by atoms with van der Waals surface area (Å²) in [7, 11) is 2.14. The molecule has 0 spiro atoms. The third-order valence-corrected chi connectivity index (χ3v) is 7.30. The van der Waals surface area contributed by atoms with Gasteiger partial charge in [0.25, 0.3) is 5.56 Å². The number of rotatable bonds is 9. The van der Waals surface area contributed by atoms with Crippen LogP contribution in [0.4, 0.5) is 11.6 Å². The van der Waals surface area contributed by atoms with E-state index in [1.54, 1.807) is 0 Å². The molecule has 0 bridgehead atoms. The van der Waals surface area contributed by atoms with Crippen molar-refractivity contribution in [1.29, 1.82) is 0 Å². The van der Waals surface area contributed by atoms with Crippen LogP contribution in [0.3, 0.4) is 0 Å². The van der Waals surface area contributed by atoms with Crippen LogP contribution in [0.15, 0.2) is 29.2 Å². The van der Waals surface area contributed by atoms with Gasteiger partial charge in [-0.25, -0.2) is 4.98 Å². The zero-order chi connectivity index (χ0) is 23.7. The molecule has 8 nitrogen and oxygen atoms in total. The van der Waals surface area contributed by atoms with E-state index in [0.717, 1.165) is 62.0 Å². The summed E-state index contributed by atoms with van der Waals surface area (Å²) in [5.74, 6) is 1.27. The summed E-state index contributed by atoms with van der Waals surface area (Å²) in [6.45, 7) is 6.95. The minimum absolute atomic E-state index is 0.0304. The van der Waals surface area contributed by atoms with Crippen LogP contribution < -0.4 is 15.8 Å². The Labute approximate surface area is 200 Å². The Bertz CT molecular complexity index is 1210. The number of fused-ring (bicyclic) bond motifs is 3. The standard InChI is InChI=1S/C26H36N6O2/c1-3-4-19(9-14-33)32-24-23(17-28-26(29-24)27-16-18-5-6-18)21-8-7-20(15-22(21)25(32)34)31-12-10-30(2)11-13-31/h7-8,15,17-19,33H,3-6,9-14,16H2,1-2H3,(H,27,28,29)/t19-/m0/s1. The SMILES string of the molecule is CCC[C@@H](CCO)n1c(=O)c2cc(N3CCN(C)CC3)ccc2c2cnc(NCC3CC3)nc21. The molecule has 1 atom stereocenters. The van der Waals surface area contributed by atoms with E-state index in [-0.39, 0.29) is 18.2 Å². The van der Waals surface area contributed by atoms with Crippen molar-refractivity contribution in [2.24, 2.45) is 5.92 Å². The Morgan fingerprint density at radius 1 is 1.12 bits per heavy atom. The second-order valence-electron chi connectivity index (χ2n) is 9.91. The Hall–Kier alpha value is -2.71. The molecule has 2 N–H and O–H groups in total. The number of aromatic nitrogens is 3. The average Bonchev–Trinajstić information content (AvgIpc) is 3.68. The molecule has 3 aromatic rings. The minimum Gasteiger partial charge on any atom is -0.396 e. The number of likely N-dealkylation sites (N-methyl/N-ethyl adjacent to an activating group) is 1. The fourth-order valence-corrected chi connectivity index (χ4v) is 5.04. The first-order valence-corrected chi connectivity index (χ1v) is 12.7. The highest BCUT2D eigenvalue weighted by atomic mass is 16.3. The molecular formula is C26H36N6O2. The third-order valence-electron chi connectivity index (χ3n) is 7.30. The van der Waals surface area contributed by atoms with Gasteiger partial charge in [0, 0.05) is 62.6 Å². The van der Waals surface area contributed by atoms with Crippen molar-refractivity contribution in [3.05, 3.63) is 34.7 Å². The molecule has 1 aromatic carbocycles. The number of nitrogens with zero attached hydrogens (tertiary/aromatic N) is 5. The van der Waals surface area contributed by atoms with Gasteiger partial charge < -0.3 is 20.2 Å². The van der Waals surface area contributed by atoms with E-state index < -0.39 is 0 Å². The maximum absolute atomic E-state index is 14.0. The molecule has 2 aliphatic rings. The van der Waals surface area contributed by atoms with E-state index in [1.807, 2.05) is 16.8 Å². The number of hydrogen-bond acceptors (Lipinski definition) is 7. The summed E-state index contributed by atoms with van der Waals surface area (Å²) in [5, 5.41) is 15.6. The molecule has 1 aliphatic heterocycles. The van der Waals surface area contributed by atoms with Crippen molar-refractivity contribution in [2.75, 3.05) is 56.6 Å². The molecule has 1 saturated heterocycles. The van der Waals surface area contributed by atoms with Crippen LogP contribution >= 0.6 is 0 Å². The molecule has 8 heteroatoms. The summed E-state index contributed by atoms with van der Waals surface area (Å²) in [4.78, 5) is 28.1. The molecule has 2 aromatic heterocycles. The Kier molecular flexibility index (Phi) is 6.70. The van der Waals surface area contributed by atoms with E-state index in [4.69, 9.17) is 4.98 Å². The van der Waals surface area contributed by atoms with Crippen LogP contribution in [0.1, 0.15) is 45.1 Å². The van der Waals surface area contributed by atoms with Crippen LogP contribution in [-0.4, -0.2) is 70.9 Å². The van der Waals surface area contributed by atoms with Crippen molar-refractivity contribution >= 4 is 33.4 Å². The zero-order valence-corrected chi connectivity index (χ0v) is 20.3. The monoisotopic (exact) mass is 464 g/mol. The molecule has 5 rings (SSSR count). The predicted molar refractivity (Wildman–Crippen MR) is 138 cm³/mol. The van der Waals surface area contributed by atoms with Crippen molar-refractivity contribution in [3.8, 4) is 0 Å². The third kappa shape index (κ3) is 4.61. The fraction of sp³-hybridized carbons (Fsp3) is 0.577. The van der Waals surface area contributed by atoms with E-state index in [0.29, 0.717) is 29.3 Å². The summed E-state index contributed by atoms with van der Waals surface area (Å²) in [5.41, 5.74) is 1.71. The van der Waals surface area contributed by atoms with Crippen molar-refractivity contribution in [1.82, 2.24) is 19.4 Å². The highest BCUT2D eigenvalue weighted by Gasteiger charge is 2.23. The average molecular weight is 465 g/mol. The van der Waals surface area contributed by atoms with Gasteiger partial charge in [-0.05, 0) is 56.2 Å². The molecule has 2 fully saturated rings. The highest BCUT2D eigenvalue weighted by Crippen LogP contribution is 2.31.